The molecule has 0 aliphatic heterocycles. The lowest BCUT2D eigenvalue weighted by Gasteiger charge is -2.12. The van der Waals surface area contributed by atoms with Crippen molar-refractivity contribution in [2.45, 2.75) is 19.3 Å². The molecule has 0 heterocycles. The Bertz CT molecular complexity index is 484. The molecule has 1 aromatic rings. The monoisotopic (exact) mass is 477 g/mol. The zero-order valence-corrected chi connectivity index (χ0v) is 16.8. The van der Waals surface area contributed by atoms with E-state index >= 15 is 0 Å². The fourth-order valence-corrected chi connectivity index (χ4v) is 2.02. The van der Waals surface area contributed by atoms with Gasteiger partial charge in [0.15, 0.2) is 5.96 Å². The molecule has 0 amide bonds. The largest absolute Gasteiger partial charge is 0.411 e. The van der Waals surface area contributed by atoms with Crippen molar-refractivity contribution in [2.75, 3.05) is 32.2 Å². The molecule has 0 fully saturated rings. The molecule has 0 aromatic heterocycles. The fourth-order valence-electron chi connectivity index (χ4n) is 1.72. The normalized spacial score (nSPS) is 11.8. The van der Waals surface area contributed by atoms with Crippen molar-refractivity contribution in [2.24, 2.45) is 4.99 Å². The number of guanidine groups is 1. The van der Waals surface area contributed by atoms with Gasteiger partial charge in [0.1, 0.15) is 6.61 Å². The number of nitrogens with one attached hydrogen (secondary N) is 2. The summed E-state index contributed by atoms with van der Waals surface area (Å²) in [4.78, 5) is 4.11. The number of rotatable bonds is 8. The van der Waals surface area contributed by atoms with Crippen LogP contribution in [-0.2, 0) is 17.9 Å². The molecule has 9 heteroatoms. The first kappa shape index (κ1) is 23.3. The predicted molar refractivity (Wildman–Crippen MR) is 104 cm³/mol. The second kappa shape index (κ2) is 12.6. The highest BCUT2D eigenvalue weighted by Gasteiger charge is 2.27. The summed E-state index contributed by atoms with van der Waals surface area (Å²) in [5.74, 6) is 1.71. The molecule has 24 heavy (non-hydrogen) atoms. The van der Waals surface area contributed by atoms with Crippen LogP contribution in [-0.4, -0.2) is 44.3 Å². The van der Waals surface area contributed by atoms with Crippen LogP contribution in [0.1, 0.15) is 11.1 Å². The van der Waals surface area contributed by atoms with Gasteiger partial charge in [0.25, 0.3) is 0 Å². The second-order valence-corrected chi connectivity index (χ2v) is 5.76. The molecule has 1 aromatic carbocycles. The summed E-state index contributed by atoms with van der Waals surface area (Å²) in [6, 6.07) is 7.23. The van der Waals surface area contributed by atoms with E-state index in [1.165, 1.54) is 0 Å². The Morgan fingerprint density at radius 1 is 1.17 bits per heavy atom. The molecule has 0 radical (unpaired) electrons. The van der Waals surface area contributed by atoms with Gasteiger partial charge in [-0.15, -0.1) is 24.0 Å². The number of thioether (sulfide) groups is 1. The Morgan fingerprint density at radius 3 is 2.33 bits per heavy atom. The number of ether oxygens (including phenoxy) is 1. The molecule has 0 bridgehead atoms. The zero-order valence-electron chi connectivity index (χ0n) is 13.7. The fraction of sp³-hybridized carbons (Fsp3) is 0.533. The minimum Gasteiger partial charge on any atom is -0.367 e. The molecular weight excluding hydrogens is 454 g/mol. The molecule has 4 nitrogen and oxygen atoms in total. The lowest BCUT2D eigenvalue weighted by atomic mass is 10.1. The highest BCUT2D eigenvalue weighted by Crippen LogP contribution is 2.15. The number of aliphatic imine (C=N–C) groups is 1. The highest BCUT2D eigenvalue weighted by atomic mass is 127. The van der Waals surface area contributed by atoms with E-state index in [9.17, 15) is 13.2 Å². The Kier molecular flexibility index (Phi) is 12.3. The van der Waals surface area contributed by atoms with Crippen LogP contribution in [0.25, 0.3) is 0 Å². The zero-order chi connectivity index (χ0) is 17.1. The van der Waals surface area contributed by atoms with Crippen molar-refractivity contribution >= 4 is 41.7 Å². The molecule has 0 aliphatic carbocycles. The van der Waals surface area contributed by atoms with Crippen LogP contribution in [0.4, 0.5) is 13.2 Å². The van der Waals surface area contributed by atoms with Crippen molar-refractivity contribution in [3.8, 4) is 0 Å². The maximum Gasteiger partial charge on any atom is 0.411 e. The second-order valence-electron chi connectivity index (χ2n) is 4.77. The molecule has 0 saturated heterocycles. The van der Waals surface area contributed by atoms with Gasteiger partial charge in [-0.05, 0) is 17.4 Å². The minimum atomic E-state index is -4.29. The van der Waals surface area contributed by atoms with Gasteiger partial charge in [0, 0.05) is 25.9 Å². The quantitative estimate of drug-likeness (QED) is 0.261. The Balaban J connectivity index is 0.00000529. The first-order chi connectivity index (χ1) is 10.9. The molecule has 0 unspecified atom stereocenters. The van der Waals surface area contributed by atoms with Crippen molar-refractivity contribution in [1.29, 1.82) is 0 Å². The average Bonchev–Trinajstić information content (AvgIpc) is 2.51. The number of hydrogen-bond donors (Lipinski definition) is 2. The first-order valence-electron chi connectivity index (χ1n) is 7.10. The summed E-state index contributed by atoms with van der Waals surface area (Å²) in [7, 11) is 1.70. The van der Waals surface area contributed by atoms with Gasteiger partial charge in [-0.25, -0.2) is 0 Å². The third-order valence-electron chi connectivity index (χ3n) is 2.84. The van der Waals surface area contributed by atoms with Crippen molar-refractivity contribution in [3.63, 3.8) is 0 Å². The molecule has 0 aliphatic rings. The predicted octanol–water partition coefficient (Wildman–Crippen LogP) is 3.41. The number of alkyl halides is 3. The van der Waals surface area contributed by atoms with Gasteiger partial charge < -0.3 is 15.4 Å². The van der Waals surface area contributed by atoms with Crippen molar-refractivity contribution in [1.82, 2.24) is 10.6 Å². The van der Waals surface area contributed by atoms with Crippen molar-refractivity contribution < 1.29 is 17.9 Å². The van der Waals surface area contributed by atoms with Crippen LogP contribution in [0.2, 0.25) is 0 Å². The number of hydrogen-bond acceptors (Lipinski definition) is 3. The summed E-state index contributed by atoms with van der Waals surface area (Å²) < 4.78 is 40.6. The van der Waals surface area contributed by atoms with Gasteiger partial charge in [-0.3, -0.25) is 4.99 Å². The molecule has 1 rings (SSSR count). The highest BCUT2D eigenvalue weighted by molar-refractivity contribution is 14.0. The molecular formula is C15H23F3IN3OS. The molecule has 2 N–H and O–H groups in total. The Morgan fingerprint density at radius 2 is 1.79 bits per heavy atom. The summed E-state index contributed by atoms with van der Waals surface area (Å²) in [5.41, 5.74) is 1.72. The van der Waals surface area contributed by atoms with E-state index in [1.807, 2.05) is 18.4 Å². The van der Waals surface area contributed by atoms with E-state index in [2.05, 4.69) is 20.4 Å². The summed E-state index contributed by atoms with van der Waals surface area (Å²) in [5, 5.41) is 6.36. The Labute approximate surface area is 162 Å². The van der Waals surface area contributed by atoms with E-state index in [0.717, 1.165) is 23.8 Å². The van der Waals surface area contributed by atoms with Gasteiger partial charge in [-0.2, -0.15) is 24.9 Å². The maximum atomic E-state index is 12.0. The van der Waals surface area contributed by atoms with Crippen LogP contribution in [0, 0.1) is 0 Å². The van der Waals surface area contributed by atoms with Crippen LogP contribution >= 0.6 is 35.7 Å². The number of benzene rings is 1. The van der Waals surface area contributed by atoms with Crippen LogP contribution in [0.3, 0.4) is 0 Å². The lowest BCUT2D eigenvalue weighted by molar-refractivity contribution is -0.176. The molecule has 138 valence electrons. The number of nitrogens with zero attached hydrogens (tertiary/aromatic N) is 1. The SMILES string of the molecule is CN=C(NCCSC)NCc1ccc(COCC(F)(F)F)cc1.I. The third-order valence-corrected chi connectivity index (χ3v) is 3.45. The van der Waals surface area contributed by atoms with Crippen molar-refractivity contribution in [3.05, 3.63) is 35.4 Å². The summed E-state index contributed by atoms with van der Waals surface area (Å²) in [6.45, 7) is 0.137. The average molecular weight is 477 g/mol. The van der Waals surface area contributed by atoms with Gasteiger partial charge in [0.2, 0.25) is 0 Å². The topological polar surface area (TPSA) is 45.7 Å². The van der Waals surface area contributed by atoms with Gasteiger partial charge in [0.05, 0.1) is 6.61 Å². The van der Waals surface area contributed by atoms with E-state index in [0.29, 0.717) is 12.1 Å². The first-order valence-corrected chi connectivity index (χ1v) is 8.50. The summed E-state index contributed by atoms with van der Waals surface area (Å²) >= 11 is 1.75. The lowest BCUT2D eigenvalue weighted by Crippen LogP contribution is -2.37. The Hall–Kier alpha value is -0.680. The van der Waals surface area contributed by atoms with E-state index in [1.54, 1.807) is 30.9 Å². The van der Waals surface area contributed by atoms with Crippen LogP contribution < -0.4 is 10.6 Å². The summed E-state index contributed by atoms with van der Waals surface area (Å²) in [6.07, 6.45) is -2.25. The standard InChI is InChI=1S/C15H22F3N3OS.HI/c1-19-14(20-7-8-23-2)21-9-12-3-5-13(6-4-12)10-22-11-15(16,17)18;/h3-6H,7-11H2,1-2H3,(H2,19,20,21);1H. The third kappa shape index (κ3) is 11.0. The minimum absolute atomic E-state index is 0. The smallest absolute Gasteiger partial charge is 0.367 e. The number of halogens is 4. The van der Waals surface area contributed by atoms with E-state index in [4.69, 9.17) is 0 Å². The van der Waals surface area contributed by atoms with Crippen LogP contribution in [0.5, 0.6) is 0 Å². The van der Waals surface area contributed by atoms with E-state index in [-0.39, 0.29) is 30.6 Å². The molecule has 0 spiro atoms. The van der Waals surface area contributed by atoms with E-state index < -0.39 is 12.8 Å². The van der Waals surface area contributed by atoms with Crippen LogP contribution in [0.15, 0.2) is 29.3 Å². The molecule has 0 saturated carbocycles. The van der Waals surface area contributed by atoms with Gasteiger partial charge in [-0.1, -0.05) is 24.3 Å². The van der Waals surface area contributed by atoms with Gasteiger partial charge >= 0.3 is 6.18 Å². The molecule has 0 atom stereocenters. The maximum absolute atomic E-state index is 12.0.